The predicted molar refractivity (Wildman–Crippen MR) is 143 cm³/mol. The lowest BCUT2D eigenvalue weighted by molar-refractivity contribution is -0.116. The molecule has 0 saturated carbocycles. The molecule has 3 N–H and O–H groups in total. The highest BCUT2D eigenvalue weighted by Gasteiger charge is 2.25. The Morgan fingerprint density at radius 1 is 1.16 bits per heavy atom. The van der Waals surface area contributed by atoms with Crippen LogP contribution in [-0.4, -0.2) is 48.8 Å². The Balaban J connectivity index is 1.34. The molecule has 9 nitrogen and oxygen atoms in total. The van der Waals surface area contributed by atoms with E-state index < -0.39 is 0 Å². The number of fused-ring (bicyclic) bond motifs is 2. The second kappa shape index (κ2) is 9.62. The number of imidazole rings is 1. The van der Waals surface area contributed by atoms with Gasteiger partial charge in [0, 0.05) is 42.1 Å². The molecule has 1 unspecified atom stereocenters. The first-order chi connectivity index (χ1) is 18.4. The summed E-state index contributed by atoms with van der Waals surface area (Å²) in [4.78, 5) is 33.7. The van der Waals surface area contributed by atoms with Crippen LogP contribution in [0.25, 0.3) is 33.7 Å². The van der Waals surface area contributed by atoms with Gasteiger partial charge in [0.25, 0.3) is 0 Å². The predicted octanol–water partition coefficient (Wildman–Crippen LogP) is 5.10. The van der Waals surface area contributed by atoms with Crippen molar-refractivity contribution < 1.29 is 9.18 Å². The summed E-state index contributed by atoms with van der Waals surface area (Å²) in [6, 6.07) is 10.4. The van der Waals surface area contributed by atoms with Crippen molar-refractivity contribution in [1.82, 2.24) is 30.1 Å². The molecule has 0 radical (unpaired) electrons. The first kappa shape index (κ1) is 23.7. The Labute approximate surface area is 217 Å². The molecule has 1 aliphatic rings. The summed E-state index contributed by atoms with van der Waals surface area (Å²) in [5, 5.41) is 11.1. The van der Waals surface area contributed by atoms with Crippen LogP contribution in [0, 0.1) is 11.7 Å². The molecule has 0 bridgehead atoms. The van der Waals surface area contributed by atoms with Crippen molar-refractivity contribution in [2.75, 3.05) is 11.9 Å². The maximum Gasteiger partial charge on any atom is 0.224 e. The van der Waals surface area contributed by atoms with Gasteiger partial charge >= 0.3 is 0 Å². The molecule has 1 atom stereocenters. The normalized spacial score (nSPS) is 14.7. The Bertz CT molecular complexity index is 1690. The summed E-state index contributed by atoms with van der Waals surface area (Å²) in [5.41, 5.74) is 5.91. The molecule has 4 aromatic heterocycles. The molecule has 0 fully saturated rings. The number of aliphatic imine (C=N–C) groups is 1. The average molecular weight is 509 g/mol. The fourth-order valence-electron chi connectivity index (χ4n) is 4.70. The number of anilines is 1. The Morgan fingerprint density at radius 2 is 2.03 bits per heavy atom. The first-order valence-electron chi connectivity index (χ1n) is 12.4. The van der Waals surface area contributed by atoms with Crippen molar-refractivity contribution in [3.63, 3.8) is 0 Å². The smallest absolute Gasteiger partial charge is 0.224 e. The number of benzene rings is 1. The molecule has 0 saturated heterocycles. The lowest BCUT2D eigenvalue weighted by Gasteiger charge is -2.17. The van der Waals surface area contributed by atoms with Gasteiger partial charge < -0.3 is 10.3 Å². The van der Waals surface area contributed by atoms with E-state index >= 15 is 0 Å². The van der Waals surface area contributed by atoms with Gasteiger partial charge in [-0.25, -0.2) is 14.4 Å². The van der Waals surface area contributed by atoms with E-state index in [1.807, 2.05) is 32.0 Å². The van der Waals surface area contributed by atoms with E-state index in [1.54, 1.807) is 30.9 Å². The monoisotopic (exact) mass is 508 g/mol. The van der Waals surface area contributed by atoms with Crippen molar-refractivity contribution in [3.8, 4) is 22.6 Å². The quantitative estimate of drug-likeness (QED) is 0.294. The number of amides is 1. The number of aromatic nitrogens is 6. The number of halogens is 1. The third kappa shape index (κ3) is 4.56. The fraction of sp³-hybridized carbons (Fsp3) is 0.214. The zero-order valence-electron chi connectivity index (χ0n) is 20.9. The van der Waals surface area contributed by atoms with Crippen LogP contribution in [0.5, 0.6) is 0 Å². The zero-order chi connectivity index (χ0) is 26.2. The molecule has 190 valence electrons. The number of nitrogens with zero attached hydrogens (tertiary/aromatic N) is 5. The summed E-state index contributed by atoms with van der Waals surface area (Å²) in [6.07, 6.45) is 7.25. The number of carbonyl (C=O) groups excluding carboxylic acids is 1. The number of hydrogen-bond acceptors (Lipinski definition) is 6. The SMILES string of the molecule is CC(C)CC(=O)Nc1cncc(-c2cnc3n[nH]c(-c4nc5c([nH]4)C(c4cccc(F)c4)CN=C5)c3c2)c1. The minimum atomic E-state index is -0.283. The minimum absolute atomic E-state index is 0.0495. The highest BCUT2D eigenvalue weighted by atomic mass is 19.1. The van der Waals surface area contributed by atoms with Gasteiger partial charge in [-0.1, -0.05) is 26.0 Å². The van der Waals surface area contributed by atoms with Gasteiger partial charge in [-0.3, -0.25) is 19.9 Å². The van der Waals surface area contributed by atoms with Gasteiger partial charge in [-0.15, -0.1) is 0 Å². The summed E-state index contributed by atoms with van der Waals surface area (Å²) in [6.45, 7) is 4.51. The Morgan fingerprint density at radius 3 is 2.87 bits per heavy atom. The molecule has 0 aliphatic carbocycles. The standard InChI is InChI=1S/C28H25FN8O/c1-15(2)6-24(38)33-20-8-17(10-30-12-20)18-9-21-26(36-37-27(21)32-11-18)28-34-23-14-31-13-22(25(23)35-28)16-4-3-5-19(29)7-16/h3-5,7-12,14-15,22H,6,13H2,1-2H3,(H,33,38)(H,34,35)(H,32,36,37). The van der Waals surface area contributed by atoms with Crippen molar-refractivity contribution in [2.24, 2.45) is 10.9 Å². The van der Waals surface area contributed by atoms with Crippen LogP contribution in [0.2, 0.25) is 0 Å². The molecule has 1 aromatic carbocycles. The van der Waals surface area contributed by atoms with Crippen LogP contribution in [0.3, 0.4) is 0 Å². The van der Waals surface area contributed by atoms with Crippen LogP contribution in [0.1, 0.15) is 43.1 Å². The number of nitrogens with one attached hydrogen (secondary N) is 3. The summed E-state index contributed by atoms with van der Waals surface area (Å²) in [5.74, 6) is 0.398. The fourth-order valence-corrected chi connectivity index (χ4v) is 4.70. The highest BCUT2D eigenvalue weighted by Crippen LogP contribution is 2.33. The van der Waals surface area contributed by atoms with E-state index in [1.165, 1.54) is 12.1 Å². The molecule has 0 spiro atoms. The Hall–Kier alpha value is -4.73. The van der Waals surface area contributed by atoms with E-state index in [9.17, 15) is 9.18 Å². The highest BCUT2D eigenvalue weighted by molar-refractivity contribution is 5.94. The van der Waals surface area contributed by atoms with Crippen molar-refractivity contribution in [1.29, 1.82) is 0 Å². The molecule has 1 amide bonds. The van der Waals surface area contributed by atoms with E-state index in [4.69, 9.17) is 4.98 Å². The Kier molecular flexibility index (Phi) is 5.99. The number of aromatic amines is 2. The average Bonchev–Trinajstić information content (AvgIpc) is 3.52. The lowest BCUT2D eigenvalue weighted by atomic mass is 9.93. The van der Waals surface area contributed by atoms with Crippen molar-refractivity contribution in [3.05, 3.63) is 77.8 Å². The maximum absolute atomic E-state index is 13.9. The van der Waals surface area contributed by atoms with E-state index in [0.29, 0.717) is 41.5 Å². The number of pyridine rings is 2. The maximum atomic E-state index is 13.9. The summed E-state index contributed by atoms with van der Waals surface area (Å²) in [7, 11) is 0. The van der Waals surface area contributed by atoms with E-state index in [-0.39, 0.29) is 23.6 Å². The van der Waals surface area contributed by atoms with Crippen LogP contribution in [-0.2, 0) is 4.79 Å². The topological polar surface area (TPSA) is 125 Å². The van der Waals surface area contributed by atoms with Gasteiger partial charge in [0.15, 0.2) is 11.5 Å². The molecule has 5 heterocycles. The second-order valence-corrected chi connectivity index (χ2v) is 9.79. The first-order valence-corrected chi connectivity index (χ1v) is 12.4. The number of hydrogen-bond donors (Lipinski definition) is 3. The molecule has 10 heteroatoms. The van der Waals surface area contributed by atoms with Gasteiger partial charge in [0.1, 0.15) is 17.2 Å². The molecule has 6 rings (SSSR count). The second-order valence-electron chi connectivity index (χ2n) is 9.79. The van der Waals surface area contributed by atoms with E-state index in [2.05, 4.69) is 35.5 Å². The van der Waals surface area contributed by atoms with Gasteiger partial charge in [-0.2, -0.15) is 5.10 Å². The molecule has 38 heavy (non-hydrogen) atoms. The van der Waals surface area contributed by atoms with Crippen molar-refractivity contribution >= 4 is 28.8 Å². The number of H-pyrrole nitrogens is 2. The van der Waals surface area contributed by atoms with E-state index in [0.717, 1.165) is 27.8 Å². The van der Waals surface area contributed by atoms with Crippen LogP contribution in [0.4, 0.5) is 10.1 Å². The molecular weight excluding hydrogens is 483 g/mol. The van der Waals surface area contributed by atoms with Crippen molar-refractivity contribution in [2.45, 2.75) is 26.2 Å². The van der Waals surface area contributed by atoms with Crippen LogP contribution < -0.4 is 5.32 Å². The number of carbonyl (C=O) groups is 1. The molecule has 1 aliphatic heterocycles. The largest absolute Gasteiger partial charge is 0.339 e. The third-order valence-corrected chi connectivity index (χ3v) is 6.46. The summed E-state index contributed by atoms with van der Waals surface area (Å²) < 4.78 is 13.9. The van der Waals surface area contributed by atoms with Crippen LogP contribution in [0.15, 0.2) is 60.0 Å². The lowest BCUT2D eigenvalue weighted by Crippen LogP contribution is -2.13. The molecular formula is C28H25FN8O. The molecule has 5 aromatic rings. The minimum Gasteiger partial charge on any atom is -0.339 e. The van der Waals surface area contributed by atoms with Gasteiger partial charge in [-0.05, 0) is 35.7 Å². The third-order valence-electron chi connectivity index (χ3n) is 6.46. The zero-order valence-corrected chi connectivity index (χ0v) is 20.9. The van der Waals surface area contributed by atoms with Gasteiger partial charge in [0.05, 0.1) is 29.5 Å². The van der Waals surface area contributed by atoms with Crippen LogP contribution >= 0.6 is 0 Å². The summed E-state index contributed by atoms with van der Waals surface area (Å²) >= 11 is 0. The van der Waals surface area contributed by atoms with Gasteiger partial charge in [0.2, 0.25) is 5.91 Å². The number of rotatable bonds is 6.